The van der Waals surface area contributed by atoms with E-state index >= 15 is 0 Å². The van der Waals surface area contributed by atoms with E-state index in [4.69, 9.17) is 11.2 Å². The average molecular weight is 290 g/mol. The minimum atomic E-state index is -1.61. The predicted octanol–water partition coefficient (Wildman–Crippen LogP) is -1.19. The fourth-order valence-electron chi connectivity index (χ4n) is 2.52. The highest BCUT2D eigenvalue weighted by molar-refractivity contribution is 5.76. The lowest BCUT2D eigenvalue weighted by Gasteiger charge is -2.27. The Balaban J connectivity index is 2.12. The molecule has 4 atom stereocenters. The van der Waals surface area contributed by atoms with Gasteiger partial charge in [-0.15, -0.1) is 6.42 Å². The van der Waals surface area contributed by atoms with Crippen LogP contribution in [0.3, 0.4) is 0 Å². The molecule has 110 valence electrons. The second-order valence-corrected chi connectivity index (χ2v) is 5.07. The SMILES string of the molecule is C#Cc1ncnc2c1ncn2C1OC(CO)C(O)[C@@]1(C)O. The van der Waals surface area contributed by atoms with Crippen molar-refractivity contribution in [2.24, 2.45) is 0 Å². The molecule has 3 rings (SSSR count). The zero-order chi connectivity index (χ0) is 15.2. The maximum absolute atomic E-state index is 10.5. The molecule has 0 radical (unpaired) electrons. The lowest BCUT2D eigenvalue weighted by Crippen LogP contribution is -2.44. The molecule has 0 aliphatic carbocycles. The Bertz CT molecular complexity index is 721. The van der Waals surface area contributed by atoms with Gasteiger partial charge in [0.2, 0.25) is 0 Å². The normalized spacial score (nSPS) is 32.4. The van der Waals surface area contributed by atoms with Crippen LogP contribution in [0.25, 0.3) is 11.2 Å². The van der Waals surface area contributed by atoms with Crippen molar-refractivity contribution in [2.75, 3.05) is 6.61 Å². The van der Waals surface area contributed by atoms with E-state index in [0.29, 0.717) is 16.9 Å². The molecule has 3 N–H and O–H groups in total. The molecule has 0 saturated carbocycles. The number of ether oxygens (including phenoxy) is 1. The molecule has 3 heterocycles. The van der Waals surface area contributed by atoms with Crippen molar-refractivity contribution in [3.8, 4) is 12.3 Å². The quantitative estimate of drug-likeness (QED) is 0.596. The Labute approximate surface area is 120 Å². The van der Waals surface area contributed by atoms with Gasteiger partial charge in [0.1, 0.15) is 35.3 Å². The summed E-state index contributed by atoms with van der Waals surface area (Å²) < 4.78 is 6.99. The maximum Gasteiger partial charge on any atom is 0.168 e. The smallest absolute Gasteiger partial charge is 0.168 e. The molecule has 3 unspecified atom stereocenters. The zero-order valence-electron chi connectivity index (χ0n) is 11.2. The molecular weight excluding hydrogens is 276 g/mol. The molecule has 1 fully saturated rings. The molecule has 0 bridgehead atoms. The topological polar surface area (TPSA) is 114 Å². The van der Waals surface area contributed by atoms with Crippen molar-refractivity contribution in [1.82, 2.24) is 19.5 Å². The first-order valence-electron chi connectivity index (χ1n) is 6.31. The first kappa shape index (κ1) is 13.9. The first-order chi connectivity index (χ1) is 10.0. The van der Waals surface area contributed by atoms with Crippen molar-refractivity contribution in [3.05, 3.63) is 18.3 Å². The van der Waals surface area contributed by atoms with Gasteiger partial charge in [0, 0.05) is 0 Å². The first-order valence-corrected chi connectivity index (χ1v) is 6.31. The zero-order valence-corrected chi connectivity index (χ0v) is 11.2. The number of fused-ring (bicyclic) bond motifs is 1. The maximum atomic E-state index is 10.5. The molecular formula is C13H14N4O4. The van der Waals surface area contributed by atoms with Crippen molar-refractivity contribution < 1.29 is 20.1 Å². The molecule has 8 nitrogen and oxygen atoms in total. The lowest BCUT2D eigenvalue weighted by molar-refractivity contribution is -0.0950. The van der Waals surface area contributed by atoms with Crippen LogP contribution in [0.2, 0.25) is 0 Å². The summed E-state index contributed by atoms with van der Waals surface area (Å²) in [6, 6.07) is 0. The van der Waals surface area contributed by atoms with Gasteiger partial charge in [0.05, 0.1) is 12.9 Å². The summed E-state index contributed by atoms with van der Waals surface area (Å²) in [5, 5.41) is 29.7. The number of imidazole rings is 1. The monoisotopic (exact) mass is 290 g/mol. The minimum Gasteiger partial charge on any atom is -0.394 e. The van der Waals surface area contributed by atoms with Crippen LogP contribution in [0.15, 0.2) is 12.7 Å². The van der Waals surface area contributed by atoms with E-state index in [-0.39, 0.29) is 0 Å². The Morgan fingerprint density at radius 2 is 2.24 bits per heavy atom. The van der Waals surface area contributed by atoms with Crippen molar-refractivity contribution in [3.63, 3.8) is 0 Å². The fourth-order valence-corrected chi connectivity index (χ4v) is 2.52. The van der Waals surface area contributed by atoms with Gasteiger partial charge >= 0.3 is 0 Å². The van der Waals surface area contributed by atoms with Crippen LogP contribution in [0.1, 0.15) is 18.8 Å². The molecule has 0 spiro atoms. The van der Waals surface area contributed by atoms with Crippen LogP contribution in [-0.4, -0.2) is 59.3 Å². The summed E-state index contributed by atoms with van der Waals surface area (Å²) in [5.74, 6) is 2.40. The van der Waals surface area contributed by atoms with Gasteiger partial charge in [-0.05, 0) is 12.8 Å². The second kappa shape index (κ2) is 4.75. The highest BCUT2D eigenvalue weighted by Crippen LogP contribution is 2.39. The summed E-state index contributed by atoms with van der Waals surface area (Å²) >= 11 is 0. The number of rotatable bonds is 2. The van der Waals surface area contributed by atoms with E-state index in [9.17, 15) is 15.3 Å². The number of hydrogen-bond acceptors (Lipinski definition) is 7. The van der Waals surface area contributed by atoms with Crippen LogP contribution >= 0.6 is 0 Å². The van der Waals surface area contributed by atoms with Gasteiger partial charge in [-0.2, -0.15) is 0 Å². The van der Waals surface area contributed by atoms with Crippen LogP contribution < -0.4 is 0 Å². The van der Waals surface area contributed by atoms with Gasteiger partial charge in [-0.3, -0.25) is 4.57 Å². The van der Waals surface area contributed by atoms with Gasteiger partial charge in [-0.1, -0.05) is 0 Å². The summed E-state index contributed by atoms with van der Waals surface area (Å²) in [5.41, 5.74) is -0.492. The number of aliphatic hydroxyl groups is 3. The predicted molar refractivity (Wildman–Crippen MR) is 70.9 cm³/mol. The van der Waals surface area contributed by atoms with Gasteiger partial charge < -0.3 is 20.1 Å². The Kier molecular flexibility index (Phi) is 3.15. The van der Waals surface area contributed by atoms with E-state index in [0.717, 1.165) is 0 Å². The molecule has 1 saturated heterocycles. The van der Waals surface area contributed by atoms with Crippen LogP contribution in [0, 0.1) is 12.3 Å². The van der Waals surface area contributed by atoms with E-state index < -0.39 is 30.6 Å². The van der Waals surface area contributed by atoms with Crippen molar-refractivity contribution in [1.29, 1.82) is 0 Å². The van der Waals surface area contributed by atoms with Crippen molar-refractivity contribution in [2.45, 2.75) is 31.0 Å². The standard InChI is InChI=1S/C13H14N4O4/c1-3-7-9-11(15-5-14-7)17(6-16-9)12-13(2,20)10(19)8(4-18)21-12/h1,5-6,8,10,12,18-20H,4H2,2H3/t8?,10?,12?,13-/m1/s1. The Hall–Kier alpha value is -2.05. The third-order valence-corrected chi connectivity index (χ3v) is 3.68. The minimum absolute atomic E-state index is 0.329. The Morgan fingerprint density at radius 1 is 1.48 bits per heavy atom. The average Bonchev–Trinajstić information content (AvgIpc) is 2.99. The molecule has 21 heavy (non-hydrogen) atoms. The molecule has 8 heteroatoms. The third kappa shape index (κ3) is 1.91. The van der Waals surface area contributed by atoms with Gasteiger partial charge in [0.25, 0.3) is 0 Å². The molecule has 1 aliphatic rings. The van der Waals surface area contributed by atoms with Crippen LogP contribution in [-0.2, 0) is 4.74 Å². The number of aliphatic hydroxyl groups excluding tert-OH is 2. The number of hydrogen-bond donors (Lipinski definition) is 3. The van der Waals surface area contributed by atoms with Gasteiger partial charge in [0.15, 0.2) is 11.9 Å². The van der Waals surface area contributed by atoms with Crippen LogP contribution in [0.4, 0.5) is 0 Å². The summed E-state index contributed by atoms with van der Waals surface area (Å²) in [6.45, 7) is 1.01. The molecule has 1 aliphatic heterocycles. The van der Waals surface area contributed by atoms with Gasteiger partial charge in [-0.25, -0.2) is 15.0 Å². The second-order valence-electron chi connectivity index (χ2n) is 5.07. The Morgan fingerprint density at radius 3 is 2.86 bits per heavy atom. The molecule has 0 aromatic carbocycles. The number of terminal acetylenes is 1. The third-order valence-electron chi connectivity index (χ3n) is 3.68. The van der Waals surface area contributed by atoms with E-state index in [2.05, 4.69) is 20.9 Å². The molecule has 2 aromatic heterocycles. The largest absolute Gasteiger partial charge is 0.394 e. The summed E-state index contributed by atoms with van der Waals surface area (Å²) in [7, 11) is 0. The summed E-state index contributed by atoms with van der Waals surface area (Å²) in [4.78, 5) is 12.2. The van der Waals surface area contributed by atoms with E-state index in [1.165, 1.54) is 24.1 Å². The van der Waals surface area contributed by atoms with E-state index in [1.54, 1.807) is 0 Å². The van der Waals surface area contributed by atoms with E-state index in [1.807, 2.05) is 0 Å². The lowest BCUT2D eigenvalue weighted by atomic mass is 9.96. The molecule has 2 aromatic rings. The molecule has 0 amide bonds. The highest BCUT2D eigenvalue weighted by Gasteiger charge is 2.53. The highest BCUT2D eigenvalue weighted by atomic mass is 16.6. The van der Waals surface area contributed by atoms with Crippen LogP contribution in [0.5, 0.6) is 0 Å². The fraction of sp³-hybridized carbons (Fsp3) is 0.462. The number of aromatic nitrogens is 4. The number of nitrogens with zero attached hydrogens (tertiary/aromatic N) is 4. The summed E-state index contributed by atoms with van der Waals surface area (Å²) in [6.07, 6.45) is 4.98. The van der Waals surface area contributed by atoms with Crippen molar-refractivity contribution >= 4 is 11.2 Å².